The summed E-state index contributed by atoms with van der Waals surface area (Å²) >= 11 is 0. The largest absolute Gasteiger partial charge is 0.289 e. The topological polar surface area (TPSA) is 116 Å². The number of amides is 1. The summed E-state index contributed by atoms with van der Waals surface area (Å²) in [5.41, 5.74) is 0.794. The highest BCUT2D eigenvalue weighted by molar-refractivity contribution is 6.04. The molecule has 21 heavy (non-hydrogen) atoms. The molecule has 9 heteroatoms. The Morgan fingerprint density at radius 1 is 1.48 bits per heavy atom. The summed E-state index contributed by atoms with van der Waals surface area (Å²) in [5, 5.41) is 24.3. The average Bonchev–Trinajstić information content (AvgIpc) is 2.86. The van der Waals surface area contributed by atoms with Gasteiger partial charge in [-0.2, -0.15) is 0 Å². The quantitative estimate of drug-likeness (QED) is 0.659. The molecule has 0 atom stereocenters. The molecule has 0 fully saturated rings. The Morgan fingerprint density at radius 3 is 2.86 bits per heavy atom. The van der Waals surface area contributed by atoms with Crippen LogP contribution in [0.5, 0.6) is 0 Å². The van der Waals surface area contributed by atoms with Crippen molar-refractivity contribution in [1.82, 2.24) is 20.2 Å². The van der Waals surface area contributed by atoms with Gasteiger partial charge in [-0.15, -0.1) is 0 Å². The molecular formula is C12H14N6O3. The number of aryl methyl sites for hydroxylation is 2. The van der Waals surface area contributed by atoms with E-state index in [0.29, 0.717) is 17.7 Å². The number of nitrogens with one attached hydrogen (secondary N) is 1. The number of benzene rings is 1. The van der Waals surface area contributed by atoms with Crippen LogP contribution in [0.25, 0.3) is 0 Å². The molecule has 0 saturated carbocycles. The first-order valence-electron chi connectivity index (χ1n) is 6.35. The van der Waals surface area contributed by atoms with Crippen LogP contribution in [0.4, 0.5) is 11.6 Å². The fraction of sp³-hybridized carbons (Fsp3) is 0.333. The Balaban J connectivity index is 2.20. The molecular weight excluding hydrogens is 276 g/mol. The summed E-state index contributed by atoms with van der Waals surface area (Å²) in [6.07, 6.45) is 0.824. The number of hydrogen-bond acceptors (Lipinski definition) is 6. The number of nitro groups is 1. The molecule has 0 spiro atoms. The van der Waals surface area contributed by atoms with Crippen molar-refractivity contribution >= 4 is 17.5 Å². The SMILES string of the molecule is CCCn1nnnc1NC(=O)c1ccc([N+](=O)[O-])cc1C. The van der Waals surface area contributed by atoms with E-state index in [1.165, 1.54) is 22.9 Å². The van der Waals surface area contributed by atoms with Gasteiger partial charge in [0.1, 0.15) is 0 Å². The lowest BCUT2D eigenvalue weighted by Crippen LogP contribution is -2.17. The first-order chi connectivity index (χ1) is 10.0. The van der Waals surface area contributed by atoms with Crippen molar-refractivity contribution < 1.29 is 9.72 Å². The van der Waals surface area contributed by atoms with E-state index in [1.807, 2.05) is 6.92 Å². The van der Waals surface area contributed by atoms with Crippen molar-refractivity contribution in [3.05, 3.63) is 39.4 Å². The van der Waals surface area contributed by atoms with E-state index in [2.05, 4.69) is 20.8 Å². The zero-order valence-electron chi connectivity index (χ0n) is 11.6. The number of aromatic nitrogens is 4. The van der Waals surface area contributed by atoms with Crippen molar-refractivity contribution in [1.29, 1.82) is 0 Å². The number of nitrogens with zero attached hydrogens (tertiary/aromatic N) is 5. The Kier molecular flexibility index (Phi) is 4.21. The van der Waals surface area contributed by atoms with E-state index in [0.717, 1.165) is 6.42 Å². The molecule has 110 valence electrons. The maximum Gasteiger partial charge on any atom is 0.269 e. The molecule has 9 nitrogen and oxygen atoms in total. The average molecular weight is 290 g/mol. The van der Waals surface area contributed by atoms with E-state index in [-0.39, 0.29) is 11.6 Å². The van der Waals surface area contributed by atoms with Crippen LogP contribution < -0.4 is 5.32 Å². The normalized spacial score (nSPS) is 10.4. The lowest BCUT2D eigenvalue weighted by molar-refractivity contribution is -0.384. The molecule has 1 aromatic heterocycles. The monoisotopic (exact) mass is 290 g/mol. The molecule has 2 rings (SSSR count). The van der Waals surface area contributed by atoms with E-state index < -0.39 is 10.8 Å². The summed E-state index contributed by atoms with van der Waals surface area (Å²) in [6, 6.07) is 4.05. The van der Waals surface area contributed by atoms with Crippen LogP contribution in [0.1, 0.15) is 29.3 Å². The summed E-state index contributed by atoms with van der Waals surface area (Å²) in [7, 11) is 0. The molecule has 0 saturated heterocycles. The Morgan fingerprint density at radius 2 is 2.24 bits per heavy atom. The van der Waals surface area contributed by atoms with Gasteiger partial charge >= 0.3 is 0 Å². The van der Waals surface area contributed by atoms with Crippen molar-refractivity contribution in [2.75, 3.05) is 5.32 Å². The van der Waals surface area contributed by atoms with Gasteiger partial charge in [-0.1, -0.05) is 12.0 Å². The molecule has 0 unspecified atom stereocenters. The summed E-state index contributed by atoms with van der Waals surface area (Å²) in [5.74, 6) is -0.158. The van der Waals surface area contributed by atoms with Crippen molar-refractivity contribution in [3.8, 4) is 0 Å². The van der Waals surface area contributed by atoms with Gasteiger partial charge in [0.25, 0.3) is 11.6 Å². The van der Waals surface area contributed by atoms with E-state index in [9.17, 15) is 14.9 Å². The lowest BCUT2D eigenvalue weighted by atomic mass is 10.1. The third-order valence-electron chi connectivity index (χ3n) is 2.86. The predicted molar refractivity (Wildman–Crippen MR) is 73.9 cm³/mol. The van der Waals surface area contributed by atoms with Gasteiger partial charge in [-0.25, -0.2) is 4.68 Å². The van der Waals surface area contributed by atoms with Gasteiger partial charge in [0.15, 0.2) is 0 Å². The van der Waals surface area contributed by atoms with Crippen LogP contribution in [0.2, 0.25) is 0 Å². The second kappa shape index (κ2) is 6.07. The minimum absolute atomic E-state index is 0.0557. The molecule has 1 amide bonds. The van der Waals surface area contributed by atoms with Gasteiger partial charge in [0, 0.05) is 24.2 Å². The minimum Gasteiger partial charge on any atom is -0.289 e. The van der Waals surface area contributed by atoms with Crippen LogP contribution in [0, 0.1) is 17.0 Å². The Bertz CT molecular complexity index is 681. The zero-order valence-corrected chi connectivity index (χ0v) is 11.6. The number of non-ortho nitro benzene ring substituents is 1. The number of anilines is 1. The van der Waals surface area contributed by atoms with E-state index in [1.54, 1.807) is 6.92 Å². The number of hydrogen-bond donors (Lipinski definition) is 1. The van der Waals surface area contributed by atoms with Crippen molar-refractivity contribution in [2.24, 2.45) is 0 Å². The van der Waals surface area contributed by atoms with Gasteiger partial charge in [0.05, 0.1) is 4.92 Å². The maximum atomic E-state index is 12.2. The smallest absolute Gasteiger partial charge is 0.269 e. The van der Waals surface area contributed by atoms with E-state index >= 15 is 0 Å². The molecule has 0 bridgehead atoms. The molecule has 0 aliphatic heterocycles. The second-order valence-electron chi connectivity index (χ2n) is 4.44. The van der Waals surface area contributed by atoms with Gasteiger partial charge in [-0.3, -0.25) is 20.2 Å². The third-order valence-corrected chi connectivity index (χ3v) is 2.86. The molecule has 2 aromatic rings. The summed E-state index contributed by atoms with van der Waals surface area (Å²) in [4.78, 5) is 22.4. The first-order valence-corrected chi connectivity index (χ1v) is 6.35. The molecule has 0 aliphatic rings. The van der Waals surface area contributed by atoms with Crippen LogP contribution >= 0.6 is 0 Å². The highest BCUT2D eigenvalue weighted by Crippen LogP contribution is 2.18. The number of rotatable bonds is 5. The van der Waals surface area contributed by atoms with Crippen LogP contribution in [-0.2, 0) is 6.54 Å². The number of nitro benzene ring substituents is 1. The molecule has 1 aromatic carbocycles. The second-order valence-corrected chi connectivity index (χ2v) is 4.44. The maximum absolute atomic E-state index is 12.2. The van der Waals surface area contributed by atoms with Gasteiger partial charge in [0.2, 0.25) is 5.95 Å². The lowest BCUT2D eigenvalue weighted by Gasteiger charge is -2.07. The van der Waals surface area contributed by atoms with Crippen LogP contribution in [0.15, 0.2) is 18.2 Å². The standard InChI is InChI=1S/C12H14N6O3/c1-3-6-17-12(14-15-16-17)13-11(19)10-5-4-9(18(20)21)7-8(10)2/h4-5,7H,3,6H2,1-2H3,(H,13,14,16,19). The fourth-order valence-corrected chi connectivity index (χ4v) is 1.84. The minimum atomic E-state index is -0.503. The van der Waals surface area contributed by atoms with Crippen LogP contribution in [0.3, 0.4) is 0 Å². The number of carbonyl (C=O) groups excluding carboxylic acids is 1. The Labute approximate surface area is 120 Å². The van der Waals surface area contributed by atoms with Crippen LogP contribution in [-0.4, -0.2) is 31.0 Å². The van der Waals surface area contributed by atoms with Gasteiger partial charge in [-0.05, 0) is 35.4 Å². The predicted octanol–water partition coefficient (Wildman–Crippen LogP) is 1.55. The highest BCUT2D eigenvalue weighted by Gasteiger charge is 2.16. The first kappa shape index (κ1) is 14.6. The van der Waals surface area contributed by atoms with Crippen molar-refractivity contribution in [3.63, 3.8) is 0 Å². The zero-order chi connectivity index (χ0) is 15.4. The van der Waals surface area contributed by atoms with Crippen molar-refractivity contribution in [2.45, 2.75) is 26.8 Å². The van der Waals surface area contributed by atoms with Gasteiger partial charge < -0.3 is 0 Å². The third kappa shape index (κ3) is 3.19. The molecule has 1 heterocycles. The highest BCUT2D eigenvalue weighted by atomic mass is 16.6. The Hall–Kier alpha value is -2.84. The fourth-order valence-electron chi connectivity index (χ4n) is 1.84. The number of tetrazole rings is 1. The summed E-state index contributed by atoms with van der Waals surface area (Å²) in [6.45, 7) is 4.19. The molecule has 1 N–H and O–H groups in total. The molecule has 0 radical (unpaired) electrons. The van der Waals surface area contributed by atoms with E-state index in [4.69, 9.17) is 0 Å². The summed E-state index contributed by atoms with van der Waals surface area (Å²) < 4.78 is 1.48. The molecule has 0 aliphatic carbocycles. The number of carbonyl (C=O) groups is 1.